The first-order valence-corrected chi connectivity index (χ1v) is 6.48. The topological polar surface area (TPSA) is 48.4 Å². The number of para-hydroxylation sites is 1. The molecule has 2 rings (SSSR count). The van der Waals surface area contributed by atoms with E-state index in [9.17, 15) is 0 Å². The molecule has 0 amide bonds. The normalized spacial score (nSPS) is 12.6. The van der Waals surface area contributed by atoms with Crippen LogP contribution in [-0.2, 0) is 0 Å². The van der Waals surface area contributed by atoms with Crippen LogP contribution in [0.5, 0.6) is 5.75 Å². The number of thiocarbonyl (C=S) groups is 1. The molecular formula is C14H17NO2S. The quantitative estimate of drug-likeness (QED) is 0.839. The Hall–Kier alpha value is -1.55. The van der Waals surface area contributed by atoms with Crippen LogP contribution in [-0.4, -0.2) is 11.6 Å². The molecule has 0 aliphatic rings. The van der Waals surface area contributed by atoms with Crippen LogP contribution in [0.2, 0.25) is 0 Å². The zero-order valence-corrected chi connectivity index (χ0v) is 11.4. The Morgan fingerprint density at radius 2 is 2.17 bits per heavy atom. The molecule has 2 N–H and O–H groups in total. The van der Waals surface area contributed by atoms with Crippen molar-refractivity contribution in [2.45, 2.75) is 20.3 Å². The number of hydrogen-bond donors (Lipinski definition) is 1. The lowest BCUT2D eigenvalue weighted by Gasteiger charge is -2.10. The molecule has 4 heteroatoms. The first-order valence-electron chi connectivity index (χ1n) is 6.07. The third-order valence-corrected chi connectivity index (χ3v) is 3.17. The van der Waals surface area contributed by atoms with Gasteiger partial charge in [0.15, 0.2) is 5.75 Å². The Morgan fingerprint density at radius 3 is 2.83 bits per heavy atom. The summed E-state index contributed by atoms with van der Waals surface area (Å²) in [7, 11) is 0. The van der Waals surface area contributed by atoms with E-state index in [0.29, 0.717) is 24.0 Å². The van der Waals surface area contributed by atoms with Crippen LogP contribution in [0.25, 0.3) is 11.0 Å². The second-order valence-corrected chi connectivity index (χ2v) is 4.88. The third-order valence-electron chi connectivity index (χ3n) is 2.98. The molecule has 1 atom stereocenters. The minimum absolute atomic E-state index is 0.227. The molecule has 1 aromatic carbocycles. The van der Waals surface area contributed by atoms with E-state index in [0.717, 1.165) is 17.4 Å². The highest BCUT2D eigenvalue weighted by molar-refractivity contribution is 7.80. The maximum atomic E-state index is 5.84. The van der Waals surface area contributed by atoms with Crippen LogP contribution in [0, 0.1) is 5.92 Å². The fourth-order valence-corrected chi connectivity index (χ4v) is 1.81. The van der Waals surface area contributed by atoms with Crippen molar-refractivity contribution >= 4 is 28.2 Å². The molecule has 2 aromatic rings. The molecule has 0 fully saturated rings. The van der Waals surface area contributed by atoms with Crippen molar-refractivity contribution in [2.24, 2.45) is 11.7 Å². The summed E-state index contributed by atoms with van der Waals surface area (Å²) in [5.41, 5.74) is 6.42. The van der Waals surface area contributed by atoms with Crippen LogP contribution in [0.3, 0.4) is 0 Å². The van der Waals surface area contributed by atoms with Crippen molar-refractivity contribution in [3.05, 3.63) is 30.0 Å². The van der Waals surface area contributed by atoms with Gasteiger partial charge in [-0.1, -0.05) is 44.6 Å². The number of nitrogens with two attached hydrogens (primary N) is 1. The standard InChI is InChI=1S/C14H17NO2S/c1-3-9(2)8-16-12-10-6-4-5-7-11(10)17-13(12)14(15)18/h4-7,9H,3,8H2,1-2H3,(H2,15,18). The molecule has 0 bridgehead atoms. The molecule has 0 aliphatic heterocycles. The predicted octanol–water partition coefficient (Wildman–Crippen LogP) is 3.49. The van der Waals surface area contributed by atoms with Crippen molar-refractivity contribution in [2.75, 3.05) is 6.61 Å². The summed E-state index contributed by atoms with van der Waals surface area (Å²) in [5, 5.41) is 0.920. The Balaban J connectivity index is 2.39. The van der Waals surface area contributed by atoms with E-state index in [1.807, 2.05) is 24.3 Å². The van der Waals surface area contributed by atoms with Gasteiger partial charge in [-0.3, -0.25) is 0 Å². The number of rotatable bonds is 5. The fraction of sp³-hybridized carbons (Fsp3) is 0.357. The third kappa shape index (κ3) is 2.48. The Kier molecular flexibility index (Phi) is 3.87. The van der Waals surface area contributed by atoms with Gasteiger partial charge < -0.3 is 14.9 Å². The molecule has 1 unspecified atom stereocenters. The second kappa shape index (κ2) is 5.40. The van der Waals surface area contributed by atoms with Gasteiger partial charge in [0.25, 0.3) is 0 Å². The molecule has 96 valence electrons. The highest BCUT2D eigenvalue weighted by Crippen LogP contribution is 2.33. The van der Waals surface area contributed by atoms with E-state index in [1.165, 1.54) is 0 Å². The predicted molar refractivity (Wildman–Crippen MR) is 77.1 cm³/mol. The summed E-state index contributed by atoms with van der Waals surface area (Å²) >= 11 is 5.00. The molecule has 0 saturated carbocycles. The minimum atomic E-state index is 0.227. The number of benzene rings is 1. The Labute approximate surface area is 112 Å². The lowest BCUT2D eigenvalue weighted by molar-refractivity contribution is 0.256. The van der Waals surface area contributed by atoms with Crippen molar-refractivity contribution in [1.29, 1.82) is 0 Å². The van der Waals surface area contributed by atoms with Crippen molar-refractivity contribution < 1.29 is 9.15 Å². The van der Waals surface area contributed by atoms with Crippen LogP contribution in [0.4, 0.5) is 0 Å². The van der Waals surface area contributed by atoms with Gasteiger partial charge in [-0.2, -0.15) is 0 Å². The zero-order chi connectivity index (χ0) is 13.1. The average molecular weight is 263 g/mol. The number of hydrogen-bond acceptors (Lipinski definition) is 3. The van der Waals surface area contributed by atoms with E-state index in [1.54, 1.807) is 0 Å². The molecule has 3 nitrogen and oxygen atoms in total. The monoisotopic (exact) mass is 263 g/mol. The average Bonchev–Trinajstić information content (AvgIpc) is 2.75. The highest BCUT2D eigenvalue weighted by atomic mass is 32.1. The zero-order valence-electron chi connectivity index (χ0n) is 10.6. The van der Waals surface area contributed by atoms with Gasteiger partial charge in [0, 0.05) is 0 Å². The molecule has 0 spiro atoms. The Bertz CT molecular complexity index is 562. The fourth-order valence-electron chi connectivity index (χ4n) is 1.67. The van der Waals surface area contributed by atoms with Gasteiger partial charge >= 0.3 is 0 Å². The van der Waals surface area contributed by atoms with Crippen molar-refractivity contribution in [3.63, 3.8) is 0 Å². The second-order valence-electron chi connectivity index (χ2n) is 4.45. The molecule has 0 saturated heterocycles. The van der Waals surface area contributed by atoms with E-state index in [-0.39, 0.29) is 4.99 Å². The highest BCUT2D eigenvalue weighted by Gasteiger charge is 2.17. The van der Waals surface area contributed by atoms with Crippen molar-refractivity contribution in [3.8, 4) is 5.75 Å². The van der Waals surface area contributed by atoms with Gasteiger partial charge in [0.05, 0.1) is 12.0 Å². The maximum Gasteiger partial charge on any atom is 0.204 e. The first kappa shape index (κ1) is 12.9. The summed E-state index contributed by atoms with van der Waals surface area (Å²) in [6.45, 7) is 4.91. The lowest BCUT2D eigenvalue weighted by atomic mass is 10.1. The summed E-state index contributed by atoms with van der Waals surface area (Å²) < 4.78 is 11.5. The summed E-state index contributed by atoms with van der Waals surface area (Å²) in [5.74, 6) is 1.62. The Morgan fingerprint density at radius 1 is 1.44 bits per heavy atom. The van der Waals surface area contributed by atoms with Gasteiger partial charge in [0.1, 0.15) is 10.6 Å². The summed E-state index contributed by atoms with van der Waals surface area (Å²) in [6.07, 6.45) is 1.07. The molecule has 1 aromatic heterocycles. The maximum absolute atomic E-state index is 5.84. The number of furan rings is 1. The van der Waals surface area contributed by atoms with Gasteiger partial charge in [0.2, 0.25) is 5.76 Å². The van der Waals surface area contributed by atoms with Crippen LogP contribution >= 0.6 is 12.2 Å². The largest absolute Gasteiger partial charge is 0.488 e. The summed E-state index contributed by atoms with van der Waals surface area (Å²) in [6, 6.07) is 7.69. The van der Waals surface area contributed by atoms with E-state index < -0.39 is 0 Å². The van der Waals surface area contributed by atoms with Crippen LogP contribution < -0.4 is 10.5 Å². The SMILES string of the molecule is CCC(C)COc1c(C(N)=S)oc2ccccc12. The van der Waals surface area contributed by atoms with Gasteiger partial charge in [-0.15, -0.1) is 0 Å². The molecule has 0 radical (unpaired) electrons. The molecule has 1 heterocycles. The molecule has 18 heavy (non-hydrogen) atoms. The van der Waals surface area contributed by atoms with Crippen LogP contribution in [0.15, 0.2) is 28.7 Å². The smallest absolute Gasteiger partial charge is 0.204 e. The lowest BCUT2D eigenvalue weighted by Crippen LogP contribution is -2.12. The number of ether oxygens (including phenoxy) is 1. The van der Waals surface area contributed by atoms with E-state index in [4.69, 9.17) is 27.1 Å². The first-order chi connectivity index (χ1) is 8.63. The van der Waals surface area contributed by atoms with Crippen LogP contribution in [0.1, 0.15) is 26.0 Å². The number of fused-ring (bicyclic) bond motifs is 1. The van der Waals surface area contributed by atoms with Gasteiger partial charge in [-0.05, 0) is 18.1 Å². The summed E-state index contributed by atoms with van der Waals surface area (Å²) in [4.78, 5) is 0.227. The van der Waals surface area contributed by atoms with Gasteiger partial charge in [-0.25, -0.2) is 0 Å². The van der Waals surface area contributed by atoms with E-state index in [2.05, 4.69) is 13.8 Å². The molecule has 0 aliphatic carbocycles. The molecular weight excluding hydrogens is 246 g/mol. The minimum Gasteiger partial charge on any atom is -0.488 e. The van der Waals surface area contributed by atoms with Crippen molar-refractivity contribution in [1.82, 2.24) is 0 Å². The van der Waals surface area contributed by atoms with E-state index >= 15 is 0 Å².